The first kappa shape index (κ1) is 44.7. The molecule has 3 aliphatic rings. The highest BCUT2D eigenvalue weighted by molar-refractivity contribution is 5.90. The number of carbonyl (C=O) groups excluding carboxylic acids is 3. The van der Waals surface area contributed by atoms with Gasteiger partial charge in [-0.2, -0.15) is 5.10 Å². The summed E-state index contributed by atoms with van der Waals surface area (Å²) >= 11 is 0. The number of phenolic OH excluding ortho intramolecular Hbond substituents is 2. The van der Waals surface area contributed by atoms with Gasteiger partial charge in [0.15, 0.2) is 5.82 Å². The van der Waals surface area contributed by atoms with E-state index in [-0.39, 0.29) is 59.9 Å². The molecule has 2 amide bonds. The van der Waals surface area contributed by atoms with Gasteiger partial charge in [0.25, 0.3) is 12.0 Å². The molecule has 6 aromatic rings. The lowest BCUT2D eigenvalue weighted by Crippen LogP contribution is -2.54. The van der Waals surface area contributed by atoms with Crippen molar-refractivity contribution in [3.05, 3.63) is 109 Å². The van der Waals surface area contributed by atoms with E-state index in [4.69, 9.17) is 14.5 Å². The first-order chi connectivity index (χ1) is 32.3. The molecule has 3 aromatic heterocycles. The van der Waals surface area contributed by atoms with E-state index in [2.05, 4.69) is 15.1 Å². The Morgan fingerprint density at radius 2 is 1.66 bits per heavy atom. The number of aryl methyl sites for hydroxylation is 1. The van der Waals surface area contributed by atoms with E-state index in [0.29, 0.717) is 103 Å². The molecule has 0 spiro atoms. The molecule has 0 saturated carbocycles. The first-order valence-electron chi connectivity index (χ1n) is 22.6. The van der Waals surface area contributed by atoms with Crippen molar-refractivity contribution in [1.82, 2.24) is 34.1 Å². The smallest absolute Gasteiger partial charge is 0.415 e. The van der Waals surface area contributed by atoms with Gasteiger partial charge in [-0.05, 0) is 103 Å². The van der Waals surface area contributed by atoms with E-state index >= 15 is 0 Å². The molecule has 0 radical (unpaired) electrons. The minimum atomic E-state index is -0.932. The molecular formula is C49H52N8O10. The van der Waals surface area contributed by atoms with Crippen LogP contribution >= 0.6 is 0 Å². The van der Waals surface area contributed by atoms with E-state index in [9.17, 15) is 39.3 Å². The largest absolute Gasteiger partial charge is 0.508 e. The number of phenols is 2. The minimum Gasteiger partial charge on any atom is -0.508 e. The Kier molecular flexibility index (Phi) is 12.1. The van der Waals surface area contributed by atoms with Gasteiger partial charge in [0.05, 0.1) is 46.4 Å². The number of fused-ring (bicyclic) bond motifs is 4. The summed E-state index contributed by atoms with van der Waals surface area (Å²) in [6.45, 7) is 10.2. The summed E-state index contributed by atoms with van der Waals surface area (Å²) in [5.74, 6) is 0.0799. The monoisotopic (exact) mass is 912 g/mol. The maximum Gasteiger partial charge on any atom is 0.415 e. The number of nitrogens with zero attached hydrogens (tertiary/aromatic N) is 7. The lowest BCUT2D eigenvalue weighted by Gasteiger charge is -2.38. The average Bonchev–Trinajstić information content (AvgIpc) is 4.07. The third-order valence-electron chi connectivity index (χ3n) is 13.3. The van der Waals surface area contributed by atoms with Crippen LogP contribution in [-0.4, -0.2) is 107 Å². The zero-order valence-corrected chi connectivity index (χ0v) is 37.7. The molecule has 3 aromatic carbocycles. The van der Waals surface area contributed by atoms with Crippen LogP contribution in [0.25, 0.3) is 39.4 Å². The van der Waals surface area contributed by atoms with Crippen LogP contribution in [0.3, 0.4) is 0 Å². The number of carbonyl (C=O) groups is 3. The Morgan fingerprint density at radius 3 is 2.36 bits per heavy atom. The zero-order chi connectivity index (χ0) is 47.3. The molecule has 2 fully saturated rings. The molecule has 6 heterocycles. The lowest BCUT2D eigenvalue weighted by atomic mass is 9.97. The van der Waals surface area contributed by atoms with E-state index in [1.54, 1.807) is 58.9 Å². The van der Waals surface area contributed by atoms with Crippen LogP contribution in [0.2, 0.25) is 0 Å². The van der Waals surface area contributed by atoms with Crippen molar-refractivity contribution in [3.63, 3.8) is 0 Å². The van der Waals surface area contributed by atoms with Crippen LogP contribution < -0.4 is 20.9 Å². The van der Waals surface area contributed by atoms with Crippen molar-refractivity contribution in [2.45, 2.75) is 84.6 Å². The summed E-state index contributed by atoms with van der Waals surface area (Å²) in [6.07, 6.45) is 0.567. The SMILES string of the molecule is CCc1c2c(nc3ccc(OC(=O)N4CCCC4C(=O)N4CCN(c5ccc(-n6c(-c7cc(C(C)C)c(O)cc7O)n[nH]c6=O)cc5)CC4)cc13)-c1cc(C(O)CC)c(COC=O)c(=O)n1C2. The van der Waals surface area contributed by atoms with Crippen LogP contribution in [0.15, 0.2) is 70.3 Å². The second-order valence-corrected chi connectivity index (χ2v) is 17.5. The van der Waals surface area contributed by atoms with Crippen molar-refractivity contribution < 1.29 is 39.2 Å². The molecular weight excluding hydrogens is 861 g/mol. The number of likely N-dealkylation sites (tertiary alicyclic amines) is 1. The number of aliphatic hydroxyl groups excluding tert-OH is 1. The number of nitrogens with one attached hydrogen (secondary N) is 1. The van der Waals surface area contributed by atoms with Crippen LogP contribution in [-0.2, 0) is 33.9 Å². The highest BCUT2D eigenvalue weighted by Crippen LogP contribution is 2.40. The Bertz CT molecular complexity index is 3040. The van der Waals surface area contributed by atoms with Gasteiger partial charge in [-0.15, -0.1) is 0 Å². The van der Waals surface area contributed by atoms with Crippen molar-refractivity contribution in [3.8, 4) is 45.7 Å². The van der Waals surface area contributed by atoms with Crippen molar-refractivity contribution in [2.75, 3.05) is 37.6 Å². The predicted octanol–water partition coefficient (Wildman–Crippen LogP) is 5.49. The minimum absolute atomic E-state index is 0.0384. The van der Waals surface area contributed by atoms with Gasteiger partial charge in [-0.25, -0.2) is 24.2 Å². The second-order valence-electron chi connectivity index (χ2n) is 17.5. The Balaban J connectivity index is 0.866. The van der Waals surface area contributed by atoms with E-state index in [0.717, 1.165) is 22.2 Å². The topological polar surface area (TPSA) is 226 Å². The number of aromatic hydroxyl groups is 2. The number of aliphatic hydroxyl groups is 1. The van der Waals surface area contributed by atoms with Crippen molar-refractivity contribution >= 4 is 35.1 Å². The number of amides is 2. The highest BCUT2D eigenvalue weighted by atomic mass is 16.6. The van der Waals surface area contributed by atoms with Crippen molar-refractivity contribution in [1.29, 1.82) is 0 Å². The third-order valence-corrected chi connectivity index (χ3v) is 13.3. The number of piperazine rings is 1. The van der Waals surface area contributed by atoms with Gasteiger partial charge in [0.1, 0.15) is 29.9 Å². The van der Waals surface area contributed by atoms with Gasteiger partial charge >= 0.3 is 11.8 Å². The number of benzene rings is 3. The van der Waals surface area contributed by atoms with Crippen LogP contribution in [0.4, 0.5) is 10.5 Å². The lowest BCUT2D eigenvalue weighted by molar-refractivity contribution is -0.135. The second kappa shape index (κ2) is 18.1. The van der Waals surface area contributed by atoms with Crippen LogP contribution in [0.1, 0.15) is 86.8 Å². The molecule has 4 N–H and O–H groups in total. The first-order valence-corrected chi connectivity index (χ1v) is 22.6. The number of rotatable bonds is 12. The summed E-state index contributed by atoms with van der Waals surface area (Å²) in [7, 11) is 0. The fourth-order valence-electron chi connectivity index (χ4n) is 9.76. The van der Waals surface area contributed by atoms with E-state index in [1.165, 1.54) is 15.5 Å². The molecule has 18 heteroatoms. The van der Waals surface area contributed by atoms with Crippen molar-refractivity contribution in [2.24, 2.45) is 0 Å². The average molecular weight is 913 g/mol. The maximum absolute atomic E-state index is 14.0. The van der Waals surface area contributed by atoms with Gasteiger partial charge in [0, 0.05) is 55.4 Å². The number of hydrogen-bond acceptors (Lipinski definition) is 13. The third kappa shape index (κ3) is 8.04. The zero-order valence-electron chi connectivity index (χ0n) is 37.7. The quantitative estimate of drug-likeness (QED) is 0.111. The van der Waals surface area contributed by atoms with Gasteiger partial charge < -0.3 is 39.2 Å². The molecule has 0 bridgehead atoms. The highest BCUT2D eigenvalue weighted by Gasteiger charge is 2.39. The van der Waals surface area contributed by atoms with Gasteiger partial charge in [0.2, 0.25) is 5.91 Å². The molecule has 9 rings (SSSR count). The molecule has 2 atom stereocenters. The molecule has 18 nitrogen and oxygen atoms in total. The predicted molar refractivity (Wildman–Crippen MR) is 248 cm³/mol. The fraction of sp³-hybridized carbons (Fsp3) is 0.367. The summed E-state index contributed by atoms with van der Waals surface area (Å²) in [4.78, 5) is 76.0. The number of pyridine rings is 2. The number of anilines is 1. The van der Waals surface area contributed by atoms with Crippen LogP contribution in [0.5, 0.6) is 17.2 Å². The number of H-pyrrole nitrogens is 1. The van der Waals surface area contributed by atoms with Crippen LogP contribution in [0, 0.1) is 0 Å². The van der Waals surface area contributed by atoms with Gasteiger partial charge in [-0.3, -0.25) is 19.3 Å². The standard InChI is InChI=1S/C49H52N8O10/c1-5-31-33-20-30(13-14-38(33)50-44-36(31)24-56-40(44)22-34(41(59)6-2)37(46(56)62)25-66-26-58)67-49(65)55-15-7-8-39(55)47(63)54-18-16-53(17-19-54)28-9-11-29(12-10-28)57-45(51-52-48(57)64)35-21-32(27(3)4)42(60)23-43(35)61/h9-14,20-23,26-27,39,41,59-61H,5-8,15-19,24-25H2,1-4H3,(H,52,64). The number of hydrogen-bond donors (Lipinski definition) is 4. The number of ether oxygens (including phenoxy) is 2. The Morgan fingerprint density at radius 1 is 0.910 bits per heavy atom. The number of aromatic nitrogens is 5. The molecule has 2 unspecified atom stereocenters. The molecule has 3 aliphatic heterocycles. The normalized spacial score (nSPS) is 16.1. The maximum atomic E-state index is 14.0. The number of aromatic amines is 1. The fourth-order valence-corrected chi connectivity index (χ4v) is 9.76. The summed E-state index contributed by atoms with van der Waals surface area (Å²) in [5, 5.41) is 39.3. The Labute approximate surface area is 384 Å². The van der Waals surface area contributed by atoms with E-state index < -0.39 is 23.9 Å². The summed E-state index contributed by atoms with van der Waals surface area (Å²) < 4.78 is 13.9. The molecule has 348 valence electrons. The molecule has 67 heavy (non-hydrogen) atoms. The molecule has 2 saturated heterocycles. The summed E-state index contributed by atoms with van der Waals surface area (Å²) in [6, 6.07) is 16.5. The Hall–Kier alpha value is -7.47. The molecule has 0 aliphatic carbocycles. The summed E-state index contributed by atoms with van der Waals surface area (Å²) in [5.41, 5.74) is 5.72. The van der Waals surface area contributed by atoms with Gasteiger partial charge in [-0.1, -0.05) is 27.7 Å². The van der Waals surface area contributed by atoms with E-state index in [1.807, 2.05) is 32.9 Å².